The van der Waals surface area contributed by atoms with Crippen LogP contribution in [0.4, 0.5) is 5.82 Å². The van der Waals surface area contributed by atoms with E-state index in [1.165, 1.54) is 0 Å². The molecule has 1 aromatic rings. The van der Waals surface area contributed by atoms with Crippen LogP contribution >= 0.6 is 12.2 Å². The van der Waals surface area contributed by atoms with Crippen LogP contribution in [0, 0.1) is 0 Å². The fraction of sp³-hybridized carbons (Fsp3) is 0.615. The number of aromatic nitrogens is 2. The summed E-state index contributed by atoms with van der Waals surface area (Å²) in [7, 11) is 0. The van der Waals surface area contributed by atoms with Gasteiger partial charge in [0.1, 0.15) is 0 Å². The number of hydrogen-bond acceptors (Lipinski definition) is 5. The van der Waals surface area contributed by atoms with E-state index in [2.05, 4.69) is 27.5 Å². The van der Waals surface area contributed by atoms with Crippen LogP contribution in [0.15, 0.2) is 15.9 Å². The van der Waals surface area contributed by atoms with Gasteiger partial charge >= 0.3 is 0 Å². The summed E-state index contributed by atoms with van der Waals surface area (Å²) in [6, 6.07) is 1.87. The van der Waals surface area contributed by atoms with Crippen molar-refractivity contribution in [1.29, 1.82) is 0 Å². The number of thiocarbonyl (C=S) groups is 1. The molecule has 5 nitrogen and oxygen atoms in total. The van der Waals surface area contributed by atoms with Gasteiger partial charge in [-0.15, -0.1) is 5.10 Å². The SMILES string of the molecule is O=c1c(C2CC2)cc(N=C=S)nn1C1CCOCC1. The van der Waals surface area contributed by atoms with Crippen LogP contribution in [0.25, 0.3) is 0 Å². The van der Waals surface area contributed by atoms with E-state index in [-0.39, 0.29) is 11.6 Å². The minimum absolute atomic E-state index is 0.0257. The van der Waals surface area contributed by atoms with Crippen molar-refractivity contribution in [3.63, 3.8) is 0 Å². The van der Waals surface area contributed by atoms with Crippen molar-refractivity contribution < 1.29 is 4.74 Å². The van der Waals surface area contributed by atoms with Crippen molar-refractivity contribution in [3.8, 4) is 0 Å². The summed E-state index contributed by atoms with van der Waals surface area (Å²) in [4.78, 5) is 16.4. The van der Waals surface area contributed by atoms with Crippen LogP contribution < -0.4 is 5.56 Å². The predicted molar refractivity (Wildman–Crippen MR) is 74.2 cm³/mol. The molecule has 0 aromatic carbocycles. The van der Waals surface area contributed by atoms with Crippen LogP contribution in [-0.4, -0.2) is 28.2 Å². The lowest BCUT2D eigenvalue weighted by Crippen LogP contribution is -2.32. The molecular formula is C13H15N3O2S. The zero-order valence-corrected chi connectivity index (χ0v) is 11.4. The Balaban J connectivity index is 2.05. The van der Waals surface area contributed by atoms with E-state index in [9.17, 15) is 4.79 Å². The predicted octanol–water partition coefficient (Wildman–Crippen LogP) is 2.21. The number of nitrogens with zero attached hydrogens (tertiary/aromatic N) is 3. The van der Waals surface area contributed by atoms with Gasteiger partial charge in [0.05, 0.1) is 11.2 Å². The topological polar surface area (TPSA) is 56.5 Å². The highest BCUT2D eigenvalue weighted by atomic mass is 32.1. The third-order valence-electron chi connectivity index (χ3n) is 3.66. The molecule has 0 amide bonds. The molecule has 2 aliphatic rings. The largest absolute Gasteiger partial charge is 0.381 e. The highest BCUT2D eigenvalue weighted by Gasteiger charge is 2.29. The molecule has 1 aromatic heterocycles. The van der Waals surface area contributed by atoms with Crippen molar-refractivity contribution >= 4 is 23.2 Å². The first-order chi connectivity index (χ1) is 9.29. The van der Waals surface area contributed by atoms with Crippen molar-refractivity contribution in [2.45, 2.75) is 37.6 Å². The molecule has 2 heterocycles. The average Bonchev–Trinajstić information content (AvgIpc) is 3.26. The van der Waals surface area contributed by atoms with Gasteiger partial charge in [-0.3, -0.25) is 4.79 Å². The number of hydrogen-bond donors (Lipinski definition) is 0. The highest BCUT2D eigenvalue weighted by molar-refractivity contribution is 7.78. The molecule has 1 saturated carbocycles. The zero-order chi connectivity index (χ0) is 13.2. The summed E-state index contributed by atoms with van der Waals surface area (Å²) >= 11 is 4.63. The summed E-state index contributed by atoms with van der Waals surface area (Å²) < 4.78 is 6.92. The maximum absolute atomic E-state index is 12.5. The molecule has 100 valence electrons. The lowest BCUT2D eigenvalue weighted by Gasteiger charge is -2.23. The molecule has 3 rings (SSSR count). The number of rotatable bonds is 3. The second-order valence-corrected chi connectivity index (χ2v) is 5.21. The highest BCUT2D eigenvalue weighted by Crippen LogP contribution is 2.39. The molecule has 1 saturated heterocycles. The molecule has 0 N–H and O–H groups in total. The summed E-state index contributed by atoms with van der Waals surface area (Å²) in [5, 5.41) is 6.64. The Morgan fingerprint density at radius 3 is 2.74 bits per heavy atom. The molecule has 1 aliphatic carbocycles. The van der Waals surface area contributed by atoms with Gasteiger partial charge in [-0.25, -0.2) is 4.68 Å². The normalized spacial score (nSPS) is 20.0. The third kappa shape index (κ3) is 2.66. The van der Waals surface area contributed by atoms with Gasteiger partial charge in [-0.05, 0) is 49.9 Å². The molecule has 1 aliphatic heterocycles. The van der Waals surface area contributed by atoms with E-state index in [4.69, 9.17) is 4.74 Å². The van der Waals surface area contributed by atoms with E-state index in [0.29, 0.717) is 24.9 Å². The van der Waals surface area contributed by atoms with Crippen molar-refractivity contribution in [2.75, 3.05) is 13.2 Å². The first-order valence-corrected chi connectivity index (χ1v) is 7.00. The number of isothiocyanates is 1. The van der Waals surface area contributed by atoms with E-state index >= 15 is 0 Å². The summed E-state index contributed by atoms with van der Waals surface area (Å²) in [6.45, 7) is 1.36. The molecule has 19 heavy (non-hydrogen) atoms. The lowest BCUT2D eigenvalue weighted by molar-refractivity contribution is 0.0648. The molecule has 0 bridgehead atoms. The Hall–Kier alpha value is -1.36. The van der Waals surface area contributed by atoms with Crippen LogP contribution in [0.2, 0.25) is 0 Å². The quantitative estimate of drug-likeness (QED) is 0.628. The van der Waals surface area contributed by atoms with Crippen molar-refractivity contribution in [3.05, 3.63) is 22.0 Å². The number of aliphatic imine (C=N–C) groups is 1. The maximum Gasteiger partial charge on any atom is 0.270 e. The van der Waals surface area contributed by atoms with Gasteiger partial charge in [0, 0.05) is 18.8 Å². The molecule has 0 radical (unpaired) electrons. The first-order valence-electron chi connectivity index (χ1n) is 6.59. The van der Waals surface area contributed by atoms with Crippen LogP contribution in [0.1, 0.15) is 43.2 Å². The Labute approximate surface area is 116 Å². The summed E-state index contributed by atoms with van der Waals surface area (Å²) in [5.41, 5.74) is 0.850. The number of ether oxygens (including phenoxy) is 1. The Morgan fingerprint density at radius 1 is 1.37 bits per heavy atom. The second kappa shape index (κ2) is 5.33. The Kier molecular flexibility index (Phi) is 3.55. The maximum atomic E-state index is 12.5. The van der Waals surface area contributed by atoms with Crippen molar-refractivity contribution in [1.82, 2.24) is 9.78 Å². The fourth-order valence-corrected chi connectivity index (χ4v) is 2.58. The minimum Gasteiger partial charge on any atom is -0.381 e. The Bertz CT molecular complexity index is 582. The van der Waals surface area contributed by atoms with Crippen molar-refractivity contribution in [2.24, 2.45) is 4.99 Å². The van der Waals surface area contributed by atoms with Gasteiger partial charge in [0.15, 0.2) is 5.82 Å². The smallest absolute Gasteiger partial charge is 0.270 e. The zero-order valence-electron chi connectivity index (χ0n) is 10.5. The summed E-state index contributed by atoms with van der Waals surface area (Å²) in [6.07, 6.45) is 3.80. The second-order valence-electron chi connectivity index (χ2n) is 5.03. The molecule has 0 atom stereocenters. The van der Waals surface area contributed by atoms with Gasteiger partial charge in [-0.1, -0.05) is 0 Å². The minimum atomic E-state index is 0.0257. The first kappa shape index (κ1) is 12.7. The van der Waals surface area contributed by atoms with Gasteiger partial charge in [-0.2, -0.15) is 4.99 Å². The van der Waals surface area contributed by atoms with E-state index in [1.807, 2.05) is 0 Å². The fourth-order valence-electron chi connectivity index (χ4n) is 2.48. The van der Waals surface area contributed by atoms with E-state index in [0.717, 1.165) is 31.2 Å². The standard InChI is InChI=1S/C13H15N3O2S/c17-13-11(9-1-2-9)7-12(14-8-19)15-16(13)10-3-5-18-6-4-10/h7,9-10H,1-6H2. The van der Waals surface area contributed by atoms with Crippen LogP contribution in [-0.2, 0) is 4.74 Å². The van der Waals surface area contributed by atoms with Gasteiger partial charge in [0.25, 0.3) is 5.56 Å². The van der Waals surface area contributed by atoms with Crippen LogP contribution in [0.3, 0.4) is 0 Å². The van der Waals surface area contributed by atoms with Gasteiger partial charge < -0.3 is 4.74 Å². The van der Waals surface area contributed by atoms with Crippen LogP contribution in [0.5, 0.6) is 0 Å². The molecular weight excluding hydrogens is 262 g/mol. The summed E-state index contributed by atoms with van der Waals surface area (Å²) in [5.74, 6) is 0.864. The average molecular weight is 277 g/mol. The molecule has 2 fully saturated rings. The lowest BCUT2D eigenvalue weighted by atomic mass is 10.1. The Morgan fingerprint density at radius 2 is 2.11 bits per heavy atom. The van der Waals surface area contributed by atoms with E-state index in [1.54, 1.807) is 10.7 Å². The van der Waals surface area contributed by atoms with Gasteiger partial charge in [0.2, 0.25) is 0 Å². The monoisotopic (exact) mass is 277 g/mol. The molecule has 6 heteroatoms. The molecule has 0 spiro atoms. The molecule has 0 unspecified atom stereocenters. The third-order valence-corrected chi connectivity index (χ3v) is 3.76. The van der Waals surface area contributed by atoms with E-state index < -0.39 is 0 Å².